The van der Waals surface area contributed by atoms with Gasteiger partial charge in [-0.2, -0.15) is 0 Å². The zero-order valence-corrected chi connectivity index (χ0v) is 10.5. The van der Waals surface area contributed by atoms with Gasteiger partial charge in [0.15, 0.2) is 5.75 Å². The predicted octanol–water partition coefficient (Wildman–Crippen LogP) is 1.66. The normalized spacial score (nSPS) is 11.1. The van der Waals surface area contributed by atoms with Gasteiger partial charge in [0, 0.05) is 12.6 Å². The fraction of sp³-hybridized carbons (Fsp3) is 0.417. The van der Waals surface area contributed by atoms with Crippen molar-refractivity contribution in [2.75, 3.05) is 18.6 Å². The number of methoxy groups -OCH3 is 1. The fourth-order valence-corrected chi connectivity index (χ4v) is 1.87. The molecular formula is C12H18N2O3. The molecule has 1 rings (SSSR count). The highest BCUT2D eigenvalue weighted by molar-refractivity contribution is 5.71. The van der Waals surface area contributed by atoms with Crippen LogP contribution in [0.25, 0.3) is 0 Å². The summed E-state index contributed by atoms with van der Waals surface area (Å²) < 4.78 is 10.5. The van der Waals surface area contributed by atoms with Gasteiger partial charge in [-0.05, 0) is 26.0 Å². The van der Waals surface area contributed by atoms with Gasteiger partial charge in [0.2, 0.25) is 0 Å². The van der Waals surface area contributed by atoms with Crippen molar-refractivity contribution < 1.29 is 14.3 Å². The summed E-state index contributed by atoms with van der Waals surface area (Å²) in [7, 11) is 1.50. The zero-order chi connectivity index (χ0) is 13.2. The van der Waals surface area contributed by atoms with Gasteiger partial charge in [-0.15, -0.1) is 0 Å². The highest BCUT2D eigenvalue weighted by Gasteiger charge is 2.31. The first kappa shape index (κ1) is 13.2. The van der Waals surface area contributed by atoms with Crippen molar-refractivity contribution in [2.24, 2.45) is 0 Å². The van der Waals surface area contributed by atoms with E-state index in [0.29, 0.717) is 22.7 Å². The summed E-state index contributed by atoms with van der Waals surface area (Å²) in [6.07, 6.45) is 0. The maximum atomic E-state index is 11.1. The van der Waals surface area contributed by atoms with Crippen LogP contribution in [0.15, 0.2) is 12.1 Å². The molecule has 17 heavy (non-hydrogen) atoms. The van der Waals surface area contributed by atoms with E-state index in [1.165, 1.54) is 14.0 Å². The smallest absolute Gasteiger partial charge is 0.303 e. The van der Waals surface area contributed by atoms with Gasteiger partial charge in [-0.25, -0.2) is 0 Å². The van der Waals surface area contributed by atoms with Gasteiger partial charge in [0.1, 0.15) is 5.60 Å². The second-order valence-electron chi connectivity index (χ2n) is 4.26. The molecule has 0 atom stereocenters. The first-order valence-corrected chi connectivity index (χ1v) is 5.21. The molecule has 4 N–H and O–H groups in total. The molecule has 5 nitrogen and oxygen atoms in total. The van der Waals surface area contributed by atoms with Crippen LogP contribution in [-0.2, 0) is 15.1 Å². The van der Waals surface area contributed by atoms with E-state index in [2.05, 4.69) is 0 Å². The number of benzene rings is 1. The number of nitrogen functional groups attached to an aromatic ring is 2. The molecule has 5 heteroatoms. The van der Waals surface area contributed by atoms with Crippen LogP contribution in [-0.4, -0.2) is 13.1 Å². The third-order valence-corrected chi connectivity index (χ3v) is 2.43. The first-order chi connectivity index (χ1) is 7.79. The van der Waals surface area contributed by atoms with E-state index in [1.807, 2.05) is 0 Å². The fourth-order valence-electron chi connectivity index (χ4n) is 1.87. The van der Waals surface area contributed by atoms with E-state index in [0.717, 1.165) is 0 Å². The number of ether oxygens (including phenoxy) is 2. The number of carbonyl (C=O) groups excluding carboxylic acids is 1. The Balaban J connectivity index is 3.38. The number of hydrogen-bond acceptors (Lipinski definition) is 5. The summed E-state index contributed by atoms with van der Waals surface area (Å²) in [6.45, 7) is 4.82. The SMILES string of the molecule is COc1c(N)ccc(N)c1C(C)(C)OC(C)=O. The Morgan fingerprint density at radius 3 is 2.24 bits per heavy atom. The average molecular weight is 238 g/mol. The van der Waals surface area contributed by atoms with Gasteiger partial charge in [0.25, 0.3) is 0 Å². The monoisotopic (exact) mass is 238 g/mol. The van der Waals surface area contributed by atoms with Crippen LogP contribution in [0.4, 0.5) is 11.4 Å². The largest absolute Gasteiger partial charge is 0.494 e. The summed E-state index contributed by atoms with van der Waals surface area (Å²) in [4.78, 5) is 11.1. The molecule has 0 fully saturated rings. The maximum absolute atomic E-state index is 11.1. The Hall–Kier alpha value is -1.91. The topological polar surface area (TPSA) is 87.6 Å². The van der Waals surface area contributed by atoms with E-state index < -0.39 is 5.60 Å². The minimum Gasteiger partial charge on any atom is -0.494 e. The van der Waals surface area contributed by atoms with E-state index >= 15 is 0 Å². The number of carbonyl (C=O) groups is 1. The first-order valence-electron chi connectivity index (χ1n) is 5.21. The molecule has 0 saturated carbocycles. The predicted molar refractivity (Wildman–Crippen MR) is 66.6 cm³/mol. The van der Waals surface area contributed by atoms with Crippen LogP contribution in [0.2, 0.25) is 0 Å². The van der Waals surface area contributed by atoms with Crippen molar-refractivity contribution >= 4 is 17.3 Å². The molecule has 0 unspecified atom stereocenters. The number of rotatable bonds is 3. The average Bonchev–Trinajstić information content (AvgIpc) is 2.18. The lowest BCUT2D eigenvalue weighted by atomic mass is 9.94. The van der Waals surface area contributed by atoms with Crippen LogP contribution in [0.5, 0.6) is 5.75 Å². The number of anilines is 2. The molecule has 0 aliphatic rings. The van der Waals surface area contributed by atoms with Gasteiger partial charge in [-0.1, -0.05) is 0 Å². The third kappa shape index (κ3) is 2.61. The maximum Gasteiger partial charge on any atom is 0.303 e. The van der Waals surface area contributed by atoms with Crippen molar-refractivity contribution in [2.45, 2.75) is 26.4 Å². The Kier molecular flexibility index (Phi) is 3.50. The van der Waals surface area contributed by atoms with Crippen LogP contribution in [0.3, 0.4) is 0 Å². The molecule has 0 saturated heterocycles. The van der Waals surface area contributed by atoms with E-state index in [1.54, 1.807) is 26.0 Å². The molecule has 0 spiro atoms. The van der Waals surface area contributed by atoms with Crippen molar-refractivity contribution in [3.05, 3.63) is 17.7 Å². The standard InChI is InChI=1S/C12H18N2O3/c1-7(15)17-12(2,3)10-8(13)5-6-9(14)11(10)16-4/h5-6H,13-14H2,1-4H3. The van der Waals surface area contributed by atoms with Crippen LogP contribution < -0.4 is 16.2 Å². The van der Waals surface area contributed by atoms with Crippen molar-refractivity contribution in [1.29, 1.82) is 0 Å². The third-order valence-electron chi connectivity index (χ3n) is 2.43. The van der Waals surface area contributed by atoms with Crippen LogP contribution >= 0.6 is 0 Å². The van der Waals surface area contributed by atoms with E-state index in [4.69, 9.17) is 20.9 Å². The lowest BCUT2D eigenvalue weighted by Gasteiger charge is -2.28. The molecule has 0 aliphatic heterocycles. The zero-order valence-electron chi connectivity index (χ0n) is 10.5. The number of hydrogen-bond donors (Lipinski definition) is 2. The summed E-state index contributed by atoms with van der Waals surface area (Å²) in [5.41, 5.74) is 12.3. The van der Waals surface area contributed by atoms with Crippen molar-refractivity contribution in [1.82, 2.24) is 0 Å². The Bertz CT molecular complexity index is 442. The molecule has 94 valence electrons. The summed E-state index contributed by atoms with van der Waals surface area (Å²) in [5, 5.41) is 0. The van der Waals surface area contributed by atoms with Crippen molar-refractivity contribution in [3.63, 3.8) is 0 Å². The Labute approximate surface area is 101 Å². The highest BCUT2D eigenvalue weighted by atomic mass is 16.6. The van der Waals surface area contributed by atoms with Gasteiger partial charge < -0.3 is 20.9 Å². The molecule has 0 heterocycles. The second-order valence-corrected chi connectivity index (χ2v) is 4.26. The van der Waals surface area contributed by atoms with Gasteiger partial charge in [0.05, 0.1) is 18.4 Å². The second kappa shape index (κ2) is 4.53. The lowest BCUT2D eigenvalue weighted by molar-refractivity contribution is -0.154. The summed E-state index contributed by atoms with van der Waals surface area (Å²) in [5.74, 6) is 0.0510. The molecule has 0 amide bonds. The highest BCUT2D eigenvalue weighted by Crippen LogP contribution is 2.40. The molecule has 1 aromatic rings. The lowest BCUT2D eigenvalue weighted by Crippen LogP contribution is -2.26. The van der Waals surface area contributed by atoms with Crippen LogP contribution in [0, 0.1) is 0 Å². The summed E-state index contributed by atoms with van der Waals surface area (Å²) in [6, 6.07) is 3.32. The molecule has 0 bridgehead atoms. The van der Waals surface area contributed by atoms with Gasteiger partial charge in [-0.3, -0.25) is 4.79 Å². The minimum absolute atomic E-state index is 0.390. The van der Waals surface area contributed by atoms with E-state index in [-0.39, 0.29) is 5.97 Å². The minimum atomic E-state index is -0.892. The number of nitrogens with two attached hydrogens (primary N) is 2. The quantitative estimate of drug-likeness (QED) is 0.617. The van der Waals surface area contributed by atoms with Crippen LogP contribution in [0.1, 0.15) is 26.3 Å². The molecule has 0 radical (unpaired) electrons. The van der Waals surface area contributed by atoms with Gasteiger partial charge >= 0.3 is 5.97 Å². The van der Waals surface area contributed by atoms with E-state index in [9.17, 15) is 4.79 Å². The molecular weight excluding hydrogens is 220 g/mol. The Morgan fingerprint density at radius 2 is 1.76 bits per heavy atom. The molecule has 0 aliphatic carbocycles. The molecule has 0 aromatic heterocycles. The Morgan fingerprint density at radius 1 is 1.24 bits per heavy atom. The molecule has 1 aromatic carbocycles. The van der Waals surface area contributed by atoms with Crippen molar-refractivity contribution in [3.8, 4) is 5.75 Å². The number of esters is 1. The summed E-state index contributed by atoms with van der Waals surface area (Å²) >= 11 is 0.